The molecule has 0 atom stereocenters. The molecule has 2 rings (SSSR count). The van der Waals surface area contributed by atoms with E-state index in [9.17, 15) is 13.2 Å². The smallest absolute Gasteiger partial charge is 0.278 e. The van der Waals surface area contributed by atoms with Crippen molar-refractivity contribution in [1.29, 1.82) is 0 Å². The maximum atomic E-state index is 12.4. The summed E-state index contributed by atoms with van der Waals surface area (Å²) in [6.45, 7) is 0. The van der Waals surface area contributed by atoms with Crippen molar-refractivity contribution in [2.75, 3.05) is 5.43 Å². The SMILES string of the molecule is FC(F)(F)c1cccc(N/N=C\c2cccs2)c1. The molecule has 0 aliphatic carbocycles. The minimum Gasteiger partial charge on any atom is -0.278 e. The van der Waals surface area contributed by atoms with Crippen LogP contribution in [0, 0.1) is 0 Å². The minimum atomic E-state index is -4.34. The number of nitrogens with one attached hydrogen (secondary N) is 1. The first kappa shape index (κ1) is 12.6. The Balaban J connectivity index is 2.06. The zero-order chi connectivity index (χ0) is 13.0. The van der Waals surface area contributed by atoms with Gasteiger partial charge in [0.25, 0.3) is 0 Å². The molecule has 0 radical (unpaired) electrons. The first-order valence-electron chi connectivity index (χ1n) is 5.05. The lowest BCUT2D eigenvalue weighted by Crippen LogP contribution is -2.05. The summed E-state index contributed by atoms with van der Waals surface area (Å²) in [6, 6.07) is 8.64. The quantitative estimate of drug-likeness (QED) is 0.655. The van der Waals surface area contributed by atoms with E-state index in [1.54, 1.807) is 6.21 Å². The first-order chi connectivity index (χ1) is 8.55. The number of hydrogen-bond donors (Lipinski definition) is 1. The second-order valence-electron chi connectivity index (χ2n) is 3.46. The number of alkyl halides is 3. The van der Waals surface area contributed by atoms with Crippen LogP contribution in [0.15, 0.2) is 46.9 Å². The number of halogens is 3. The van der Waals surface area contributed by atoms with Gasteiger partial charge in [-0.15, -0.1) is 11.3 Å². The molecule has 0 fully saturated rings. The summed E-state index contributed by atoms with van der Waals surface area (Å²) in [5, 5.41) is 5.77. The Bertz CT molecular complexity index is 533. The molecule has 0 spiro atoms. The van der Waals surface area contributed by atoms with Gasteiger partial charge in [0.2, 0.25) is 0 Å². The molecule has 0 saturated heterocycles. The van der Waals surface area contributed by atoms with Crippen LogP contribution < -0.4 is 5.43 Å². The molecule has 1 aromatic heterocycles. The number of hydrazone groups is 1. The zero-order valence-electron chi connectivity index (χ0n) is 9.11. The molecule has 18 heavy (non-hydrogen) atoms. The van der Waals surface area contributed by atoms with Gasteiger partial charge in [0.15, 0.2) is 0 Å². The van der Waals surface area contributed by atoms with E-state index < -0.39 is 11.7 Å². The van der Waals surface area contributed by atoms with Gasteiger partial charge >= 0.3 is 6.18 Å². The van der Waals surface area contributed by atoms with Crippen molar-refractivity contribution in [3.63, 3.8) is 0 Å². The van der Waals surface area contributed by atoms with Crippen molar-refractivity contribution >= 4 is 23.2 Å². The molecular weight excluding hydrogens is 261 g/mol. The zero-order valence-corrected chi connectivity index (χ0v) is 9.92. The molecule has 0 unspecified atom stereocenters. The van der Waals surface area contributed by atoms with E-state index >= 15 is 0 Å². The highest BCUT2D eigenvalue weighted by atomic mass is 32.1. The van der Waals surface area contributed by atoms with Gasteiger partial charge in [0.1, 0.15) is 0 Å². The van der Waals surface area contributed by atoms with Crippen molar-refractivity contribution in [1.82, 2.24) is 0 Å². The third kappa shape index (κ3) is 3.33. The number of hydrogen-bond acceptors (Lipinski definition) is 3. The van der Waals surface area contributed by atoms with E-state index in [1.165, 1.54) is 23.5 Å². The van der Waals surface area contributed by atoms with E-state index in [4.69, 9.17) is 0 Å². The van der Waals surface area contributed by atoms with Crippen molar-refractivity contribution < 1.29 is 13.2 Å². The first-order valence-corrected chi connectivity index (χ1v) is 5.93. The van der Waals surface area contributed by atoms with Crippen LogP contribution in [0.5, 0.6) is 0 Å². The van der Waals surface area contributed by atoms with Crippen LogP contribution in [0.2, 0.25) is 0 Å². The normalized spacial score (nSPS) is 11.9. The fourth-order valence-corrected chi connectivity index (χ4v) is 1.89. The molecule has 0 amide bonds. The van der Waals surface area contributed by atoms with E-state index in [1.807, 2.05) is 17.5 Å². The third-order valence-corrected chi connectivity index (χ3v) is 2.93. The van der Waals surface area contributed by atoms with Crippen LogP contribution in [0.3, 0.4) is 0 Å². The summed E-state index contributed by atoms with van der Waals surface area (Å²) < 4.78 is 37.3. The van der Waals surface area contributed by atoms with E-state index in [0.717, 1.165) is 17.0 Å². The molecule has 0 aliphatic rings. The van der Waals surface area contributed by atoms with Crippen LogP contribution >= 0.6 is 11.3 Å². The molecule has 0 aliphatic heterocycles. The van der Waals surface area contributed by atoms with Gasteiger partial charge in [-0.05, 0) is 29.6 Å². The molecule has 2 nitrogen and oxygen atoms in total. The van der Waals surface area contributed by atoms with Gasteiger partial charge in [-0.25, -0.2) is 0 Å². The topological polar surface area (TPSA) is 24.4 Å². The monoisotopic (exact) mass is 270 g/mol. The van der Waals surface area contributed by atoms with Crippen molar-refractivity contribution in [3.8, 4) is 0 Å². The van der Waals surface area contributed by atoms with Crippen molar-refractivity contribution in [2.24, 2.45) is 5.10 Å². The highest BCUT2D eigenvalue weighted by Crippen LogP contribution is 2.30. The summed E-state index contributed by atoms with van der Waals surface area (Å²) in [4.78, 5) is 0.925. The summed E-state index contributed by atoms with van der Waals surface area (Å²) >= 11 is 1.50. The largest absolute Gasteiger partial charge is 0.416 e. The van der Waals surface area contributed by atoms with Crippen molar-refractivity contribution in [2.45, 2.75) is 6.18 Å². The number of nitrogens with zero attached hydrogens (tertiary/aromatic N) is 1. The number of benzene rings is 1. The van der Waals surface area contributed by atoms with E-state index in [-0.39, 0.29) is 0 Å². The number of anilines is 1. The molecule has 1 aromatic carbocycles. The van der Waals surface area contributed by atoms with Crippen LogP contribution in [-0.2, 0) is 6.18 Å². The maximum Gasteiger partial charge on any atom is 0.416 e. The average molecular weight is 270 g/mol. The van der Waals surface area contributed by atoms with Gasteiger partial charge in [-0.2, -0.15) is 18.3 Å². The van der Waals surface area contributed by atoms with E-state index in [0.29, 0.717) is 5.69 Å². The van der Waals surface area contributed by atoms with Gasteiger partial charge in [0.05, 0.1) is 17.5 Å². The van der Waals surface area contributed by atoms with Crippen LogP contribution in [0.1, 0.15) is 10.4 Å². The number of thiophene rings is 1. The third-order valence-electron chi connectivity index (χ3n) is 2.12. The minimum absolute atomic E-state index is 0.303. The lowest BCUT2D eigenvalue weighted by molar-refractivity contribution is -0.137. The Morgan fingerprint density at radius 2 is 2.00 bits per heavy atom. The second-order valence-corrected chi connectivity index (χ2v) is 4.44. The van der Waals surface area contributed by atoms with Crippen LogP contribution in [0.25, 0.3) is 0 Å². The van der Waals surface area contributed by atoms with Gasteiger partial charge in [-0.1, -0.05) is 12.1 Å². The maximum absolute atomic E-state index is 12.4. The lowest BCUT2D eigenvalue weighted by Gasteiger charge is -2.07. The second kappa shape index (κ2) is 5.22. The molecule has 0 bridgehead atoms. The highest BCUT2D eigenvalue weighted by molar-refractivity contribution is 7.11. The standard InChI is InChI=1S/C12H9F3N2S/c13-12(14,15)9-3-1-4-10(7-9)17-16-8-11-5-2-6-18-11/h1-8,17H/b16-8-. The highest BCUT2D eigenvalue weighted by Gasteiger charge is 2.30. The molecule has 6 heteroatoms. The molecule has 94 valence electrons. The molecule has 1 N–H and O–H groups in total. The summed E-state index contributed by atoms with van der Waals surface area (Å²) in [5.74, 6) is 0. The summed E-state index contributed by atoms with van der Waals surface area (Å²) in [7, 11) is 0. The summed E-state index contributed by atoms with van der Waals surface area (Å²) in [5.41, 5.74) is 2.18. The van der Waals surface area contributed by atoms with Crippen LogP contribution in [-0.4, -0.2) is 6.21 Å². The summed E-state index contributed by atoms with van der Waals surface area (Å²) in [6.07, 6.45) is -2.78. The molecule has 2 aromatic rings. The Kier molecular flexibility index (Phi) is 3.66. The van der Waals surface area contributed by atoms with Gasteiger partial charge in [-0.3, -0.25) is 5.43 Å². The molecule has 0 saturated carbocycles. The molecule has 1 heterocycles. The van der Waals surface area contributed by atoms with Gasteiger partial charge < -0.3 is 0 Å². The predicted molar refractivity (Wildman–Crippen MR) is 67.0 cm³/mol. The Morgan fingerprint density at radius 3 is 2.67 bits per heavy atom. The fourth-order valence-electron chi connectivity index (χ4n) is 1.30. The Morgan fingerprint density at radius 1 is 1.17 bits per heavy atom. The predicted octanol–water partition coefficient (Wildman–Crippen LogP) is 4.21. The Hall–Kier alpha value is -1.82. The van der Waals surface area contributed by atoms with Crippen molar-refractivity contribution in [3.05, 3.63) is 52.2 Å². The van der Waals surface area contributed by atoms with E-state index in [2.05, 4.69) is 10.5 Å². The lowest BCUT2D eigenvalue weighted by atomic mass is 10.2. The molecular formula is C12H9F3N2S. The Labute approximate surface area is 106 Å². The fraction of sp³-hybridized carbons (Fsp3) is 0.0833. The average Bonchev–Trinajstić information content (AvgIpc) is 2.81. The number of rotatable bonds is 3. The van der Waals surface area contributed by atoms with Crippen LogP contribution in [0.4, 0.5) is 18.9 Å². The van der Waals surface area contributed by atoms with Gasteiger partial charge in [0, 0.05) is 4.88 Å².